The lowest BCUT2D eigenvalue weighted by Crippen LogP contribution is -2.17. The van der Waals surface area contributed by atoms with Crippen molar-refractivity contribution in [2.45, 2.75) is 11.9 Å². The van der Waals surface area contributed by atoms with Gasteiger partial charge in [-0.15, -0.1) is 11.3 Å². The minimum Gasteiger partial charge on any atom is -0.381 e. The first kappa shape index (κ1) is 14.3. The zero-order valence-corrected chi connectivity index (χ0v) is 14.0. The number of nitrogen functional groups attached to an aromatic ring is 1. The fourth-order valence-corrected chi connectivity index (χ4v) is 4.04. The standard InChI is InChI=1S/C11H10BrN5O2S2/c1-6-4-8(14-5-7(6)12)16-21(18,19)10-9(13)15-11-17(10)2-3-20-11/h2-5H,13H2,1H3,(H,14,16). The van der Waals surface area contributed by atoms with Crippen LogP contribution in [-0.4, -0.2) is 22.8 Å². The molecule has 0 aromatic carbocycles. The van der Waals surface area contributed by atoms with E-state index in [1.807, 2.05) is 6.92 Å². The second kappa shape index (κ2) is 4.97. The number of aryl methyl sites for hydroxylation is 1. The van der Waals surface area contributed by atoms with Crippen molar-refractivity contribution in [3.05, 3.63) is 33.9 Å². The van der Waals surface area contributed by atoms with Gasteiger partial charge < -0.3 is 5.73 Å². The highest BCUT2D eigenvalue weighted by atomic mass is 79.9. The summed E-state index contributed by atoms with van der Waals surface area (Å²) in [6.07, 6.45) is 3.14. The van der Waals surface area contributed by atoms with Crippen LogP contribution < -0.4 is 10.5 Å². The predicted molar refractivity (Wildman–Crippen MR) is 85.0 cm³/mol. The molecule has 10 heteroatoms. The Kier molecular flexibility index (Phi) is 3.38. The van der Waals surface area contributed by atoms with Crippen LogP contribution >= 0.6 is 27.3 Å². The molecule has 3 aromatic heterocycles. The number of aromatic nitrogens is 3. The lowest BCUT2D eigenvalue weighted by Gasteiger charge is -2.08. The maximum atomic E-state index is 12.5. The zero-order valence-electron chi connectivity index (χ0n) is 10.7. The number of fused-ring (bicyclic) bond motifs is 1. The molecule has 0 saturated heterocycles. The average Bonchev–Trinajstić information content (AvgIpc) is 2.92. The Morgan fingerprint density at radius 2 is 2.24 bits per heavy atom. The van der Waals surface area contributed by atoms with Gasteiger partial charge in [0.15, 0.2) is 10.8 Å². The van der Waals surface area contributed by atoms with E-state index in [0.29, 0.717) is 4.96 Å². The third-order valence-electron chi connectivity index (χ3n) is 2.78. The molecular formula is C11H10BrN5O2S2. The minimum atomic E-state index is -3.87. The van der Waals surface area contributed by atoms with Crippen LogP contribution in [0.3, 0.4) is 0 Å². The van der Waals surface area contributed by atoms with E-state index in [1.54, 1.807) is 17.6 Å². The maximum absolute atomic E-state index is 12.5. The molecule has 0 aliphatic heterocycles. The van der Waals surface area contributed by atoms with E-state index in [-0.39, 0.29) is 16.7 Å². The van der Waals surface area contributed by atoms with Crippen LogP contribution in [-0.2, 0) is 10.0 Å². The number of sulfonamides is 1. The Hall–Kier alpha value is -1.65. The molecule has 0 amide bonds. The second-order valence-corrected chi connectivity index (χ2v) is 7.61. The molecule has 0 spiro atoms. The molecule has 0 aliphatic carbocycles. The van der Waals surface area contributed by atoms with Crippen molar-refractivity contribution in [1.29, 1.82) is 0 Å². The molecule has 0 saturated carbocycles. The number of anilines is 2. The molecule has 110 valence electrons. The zero-order chi connectivity index (χ0) is 15.2. The van der Waals surface area contributed by atoms with Crippen LogP contribution in [0.15, 0.2) is 33.3 Å². The summed E-state index contributed by atoms with van der Waals surface area (Å²) in [6.45, 7) is 1.84. The summed E-state index contributed by atoms with van der Waals surface area (Å²) in [6, 6.07) is 1.63. The highest BCUT2D eigenvalue weighted by Gasteiger charge is 2.25. The SMILES string of the molecule is Cc1cc(NS(=O)(=O)c2c(N)nc3sccn23)ncc1Br. The Labute approximate surface area is 133 Å². The lowest BCUT2D eigenvalue weighted by molar-refractivity contribution is 0.597. The van der Waals surface area contributed by atoms with Gasteiger partial charge in [0, 0.05) is 22.2 Å². The van der Waals surface area contributed by atoms with Gasteiger partial charge in [0.25, 0.3) is 10.0 Å². The van der Waals surface area contributed by atoms with Crippen LogP contribution in [0.25, 0.3) is 4.96 Å². The van der Waals surface area contributed by atoms with Crippen molar-refractivity contribution < 1.29 is 8.42 Å². The van der Waals surface area contributed by atoms with E-state index in [2.05, 4.69) is 30.6 Å². The van der Waals surface area contributed by atoms with Gasteiger partial charge in [-0.05, 0) is 34.5 Å². The van der Waals surface area contributed by atoms with Gasteiger partial charge in [-0.2, -0.15) is 8.42 Å². The number of rotatable bonds is 3. The van der Waals surface area contributed by atoms with Crippen molar-refractivity contribution in [1.82, 2.24) is 14.4 Å². The van der Waals surface area contributed by atoms with Gasteiger partial charge in [-0.25, -0.2) is 9.97 Å². The van der Waals surface area contributed by atoms with E-state index < -0.39 is 10.0 Å². The molecule has 0 atom stereocenters. The molecule has 3 N–H and O–H groups in total. The highest BCUT2D eigenvalue weighted by molar-refractivity contribution is 9.10. The highest BCUT2D eigenvalue weighted by Crippen LogP contribution is 2.25. The van der Waals surface area contributed by atoms with Gasteiger partial charge in [0.05, 0.1) is 0 Å². The molecule has 3 heterocycles. The number of nitrogens with zero attached hydrogens (tertiary/aromatic N) is 3. The molecule has 7 nitrogen and oxygen atoms in total. The molecule has 3 aromatic rings. The van der Waals surface area contributed by atoms with Gasteiger partial charge in [0.1, 0.15) is 5.82 Å². The van der Waals surface area contributed by atoms with E-state index in [4.69, 9.17) is 5.73 Å². The number of nitrogens with one attached hydrogen (secondary N) is 1. The van der Waals surface area contributed by atoms with Crippen LogP contribution in [0, 0.1) is 6.92 Å². The maximum Gasteiger partial charge on any atom is 0.282 e. The summed E-state index contributed by atoms with van der Waals surface area (Å²) in [5.74, 6) is 0.184. The van der Waals surface area contributed by atoms with Gasteiger partial charge in [-0.1, -0.05) is 0 Å². The number of hydrogen-bond acceptors (Lipinski definition) is 6. The largest absolute Gasteiger partial charge is 0.381 e. The summed E-state index contributed by atoms with van der Waals surface area (Å²) in [5, 5.41) is 1.66. The topological polar surface area (TPSA) is 102 Å². The van der Waals surface area contributed by atoms with Crippen molar-refractivity contribution in [2.75, 3.05) is 10.5 Å². The number of thiazole rings is 1. The van der Waals surface area contributed by atoms with Gasteiger partial charge in [0.2, 0.25) is 5.03 Å². The Morgan fingerprint density at radius 3 is 2.95 bits per heavy atom. The van der Waals surface area contributed by atoms with Crippen LogP contribution in [0.2, 0.25) is 0 Å². The number of pyridine rings is 1. The molecular weight excluding hydrogens is 378 g/mol. The summed E-state index contributed by atoms with van der Waals surface area (Å²) in [5.41, 5.74) is 6.58. The number of hydrogen-bond donors (Lipinski definition) is 2. The van der Waals surface area contributed by atoms with Crippen LogP contribution in [0.4, 0.5) is 11.6 Å². The molecule has 0 unspecified atom stereocenters. The molecule has 0 radical (unpaired) electrons. The molecule has 0 bridgehead atoms. The van der Waals surface area contributed by atoms with Crippen LogP contribution in [0.5, 0.6) is 0 Å². The predicted octanol–water partition coefficient (Wildman–Crippen LogP) is 2.24. The number of imidazole rings is 1. The Bertz CT molecular complexity index is 931. The smallest absolute Gasteiger partial charge is 0.282 e. The Balaban J connectivity index is 2.06. The molecule has 0 aliphatic rings. The fraction of sp³-hybridized carbons (Fsp3) is 0.0909. The van der Waals surface area contributed by atoms with E-state index >= 15 is 0 Å². The summed E-state index contributed by atoms with van der Waals surface area (Å²) in [7, 11) is -3.87. The molecule has 3 rings (SSSR count). The third kappa shape index (κ3) is 2.49. The summed E-state index contributed by atoms with van der Waals surface area (Å²) < 4.78 is 29.6. The quantitative estimate of drug-likeness (QED) is 0.717. The third-order valence-corrected chi connectivity index (χ3v) is 5.76. The first-order valence-electron chi connectivity index (χ1n) is 5.74. The van der Waals surface area contributed by atoms with E-state index in [0.717, 1.165) is 10.0 Å². The fourth-order valence-electron chi connectivity index (χ4n) is 1.83. The summed E-state index contributed by atoms with van der Waals surface area (Å²) in [4.78, 5) is 8.57. The first-order chi connectivity index (χ1) is 9.88. The minimum absolute atomic E-state index is 0.0387. The normalized spacial score (nSPS) is 11.9. The first-order valence-corrected chi connectivity index (χ1v) is 8.90. The number of nitrogens with two attached hydrogens (primary N) is 1. The van der Waals surface area contributed by atoms with Gasteiger partial charge in [-0.3, -0.25) is 9.12 Å². The van der Waals surface area contributed by atoms with E-state index in [9.17, 15) is 8.42 Å². The second-order valence-electron chi connectivity index (χ2n) is 4.28. The van der Waals surface area contributed by atoms with Crippen molar-refractivity contribution in [3.63, 3.8) is 0 Å². The van der Waals surface area contributed by atoms with E-state index in [1.165, 1.54) is 21.9 Å². The average molecular weight is 388 g/mol. The molecule has 21 heavy (non-hydrogen) atoms. The van der Waals surface area contributed by atoms with Crippen molar-refractivity contribution in [2.24, 2.45) is 0 Å². The lowest BCUT2D eigenvalue weighted by atomic mass is 10.3. The summed E-state index contributed by atoms with van der Waals surface area (Å²) >= 11 is 4.62. The van der Waals surface area contributed by atoms with Crippen molar-refractivity contribution in [3.8, 4) is 0 Å². The van der Waals surface area contributed by atoms with Crippen LogP contribution in [0.1, 0.15) is 5.56 Å². The molecule has 0 fully saturated rings. The van der Waals surface area contributed by atoms with Gasteiger partial charge >= 0.3 is 0 Å². The Morgan fingerprint density at radius 1 is 1.48 bits per heavy atom. The number of halogens is 1. The van der Waals surface area contributed by atoms with Crippen molar-refractivity contribution >= 4 is 53.9 Å². The monoisotopic (exact) mass is 387 g/mol.